The lowest BCUT2D eigenvalue weighted by atomic mass is 10.1. The number of hydrogen-bond acceptors (Lipinski definition) is 3. The van der Waals surface area contributed by atoms with E-state index in [2.05, 4.69) is 10.4 Å². The number of nitrogens with one attached hydrogen (secondary N) is 1. The first-order chi connectivity index (χ1) is 9.63. The van der Waals surface area contributed by atoms with Gasteiger partial charge in [0.05, 0.1) is 17.9 Å². The maximum Gasteiger partial charge on any atom is 0.269 e. The van der Waals surface area contributed by atoms with Gasteiger partial charge >= 0.3 is 0 Å². The van der Waals surface area contributed by atoms with Crippen molar-refractivity contribution in [3.8, 4) is 0 Å². The molecule has 1 N–H and O–H groups in total. The molecule has 0 atom stereocenters. The quantitative estimate of drug-likeness (QED) is 0.925. The molecule has 3 rings (SSSR count). The molecule has 104 valence electrons. The third kappa shape index (κ3) is 2.54. The van der Waals surface area contributed by atoms with Crippen LogP contribution in [0.1, 0.15) is 17.7 Å². The van der Waals surface area contributed by atoms with Crippen molar-refractivity contribution < 1.29 is 4.39 Å². The van der Waals surface area contributed by atoms with Crippen molar-refractivity contribution in [2.24, 2.45) is 0 Å². The fourth-order valence-electron chi connectivity index (χ4n) is 2.29. The summed E-state index contributed by atoms with van der Waals surface area (Å²) < 4.78 is 15.0. The minimum Gasteiger partial charge on any atom is -0.383 e. The SMILES string of the molecule is O=c1cc2c(nn1Cc1cc(Cl)ccc1F)CCCN2. The smallest absolute Gasteiger partial charge is 0.269 e. The lowest BCUT2D eigenvalue weighted by Gasteiger charge is -2.17. The first-order valence-electron chi connectivity index (χ1n) is 6.42. The molecule has 2 aromatic rings. The van der Waals surface area contributed by atoms with Crippen LogP contribution in [-0.2, 0) is 13.0 Å². The molecule has 0 spiro atoms. The van der Waals surface area contributed by atoms with Gasteiger partial charge in [-0.3, -0.25) is 4.79 Å². The zero-order chi connectivity index (χ0) is 14.1. The number of fused-ring (bicyclic) bond motifs is 1. The third-order valence-corrected chi connectivity index (χ3v) is 3.54. The summed E-state index contributed by atoms with van der Waals surface area (Å²) >= 11 is 5.85. The second-order valence-corrected chi connectivity index (χ2v) is 5.20. The van der Waals surface area contributed by atoms with E-state index in [1.54, 1.807) is 0 Å². The second kappa shape index (κ2) is 5.25. The number of halogens is 2. The van der Waals surface area contributed by atoms with Crippen LogP contribution in [0, 0.1) is 5.82 Å². The zero-order valence-corrected chi connectivity index (χ0v) is 11.5. The molecule has 0 amide bonds. The van der Waals surface area contributed by atoms with Crippen LogP contribution in [0.5, 0.6) is 0 Å². The second-order valence-electron chi connectivity index (χ2n) is 4.77. The standard InChI is InChI=1S/C14H13ClFN3O/c15-10-3-4-11(16)9(6-10)8-19-14(20)7-13-12(18-19)2-1-5-17-13/h3-4,6-7,17H,1-2,5,8H2. The van der Waals surface area contributed by atoms with E-state index >= 15 is 0 Å². The molecule has 0 bridgehead atoms. The van der Waals surface area contributed by atoms with Crippen molar-refractivity contribution in [2.75, 3.05) is 11.9 Å². The largest absolute Gasteiger partial charge is 0.383 e. The Kier molecular flexibility index (Phi) is 3.44. The van der Waals surface area contributed by atoms with Crippen molar-refractivity contribution in [1.82, 2.24) is 9.78 Å². The molecular weight excluding hydrogens is 281 g/mol. The predicted octanol–water partition coefficient (Wildman–Crippen LogP) is 2.44. The van der Waals surface area contributed by atoms with E-state index in [9.17, 15) is 9.18 Å². The van der Waals surface area contributed by atoms with Crippen molar-refractivity contribution in [3.05, 3.63) is 56.7 Å². The van der Waals surface area contributed by atoms with Crippen LogP contribution in [0.2, 0.25) is 5.02 Å². The van der Waals surface area contributed by atoms with E-state index in [1.807, 2.05) is 0 Å². The molecule has 0 aliphatic carbocycles. The number of aryl methyl sites for hydroxylation is 1. The van der Waals surface area contributed by atoms with Gasteiger partial charge in [-0.25, -0.2) is 9.07 Å². The highest BCUT2D eigenvalue weighted by atomic mass is 35.5. The first kappa shape index (κ1) is 13.1. The Morgan fingerprint density at radius 3 is 3.10 bits per heavy atom. The van der Waals surface area contributed by atoms with Gasteiger partial charge < -0.3 is 5.32 Å². The minimum atomic E-state index is -0.390. The van der Waals surface area contributed by atoms with E-state index in [1.165, 1.54) is 28.9 Å². The number of rotatable bonds is 2. The summed E-state index contributed by atoms with van der Waals surface area (Å²) in [5.74, 6) is -0.390. The number of nitrogens with zero attached hydrogens (tertiary/aromatic N) is 2. The Morgan fingerprint density at radius 2 is 2.25 bits per heavy atom. The monoisotopic (exact) mass is 293 g/mol. The van der Waals surface area contributed by atoms with Gasteiger partial charge in [0.1, 0.15) is 5.82 Å². The summed E-state index contributed by atoms with van der Waals surface area (Å²) in [7, 11) is 0. The van der Waals surface area contributed by atoms with E-state index in [0.29, 0.717) is 10.6 Å². The predicted molar refractivity (Wildman–Crippen MR) is 75.8 cm³/mol. The summed E-state index contributed by atoms with van der Waals surface area (Å²) in [4.78, 5) is 12.0. The van der Waals surface area contributed by atoms with Crippen LogP contribution < -0.4 is 10.9 Å². The lowest BCUT2D eigenvalue weighted by Crippen LogP contribution is -2.27. The van der Waals surface area contributed by atoms with Gasteiger partial charge in [-0.05, 0) is 31.0 Å². The first-order valence-corrected chi connectivity index (χ1v) is 6.80. The Bertz CT molecular complexity index is 714. The maximum atomic E-state index is 13.7. The minimum absolute atomic E-state index is 0.0819. The summed E-state index contributed by atoms with van der Waals surface area (Å²) in [5, 5.41) is 7.89. The summed E-state index contributed by atoms with van der Waals surface area (Å²) in [6.07, 6.45) is 1.80. The van der Waals surface area contributed by atoms with E-state index in [4.69, 9.17) is 11.6 Å². The van der Waals surface area contributed by atoms with Gasteiger partial charge in [0.2, 0.25) is 0 Å². The number of benzene rings is 1. The molecule has 2 heterocycles. The molecule has 0 saturated heterocycles. The molecule has 4 nitrogen and oxygen atoms in total. The molecular formula is C14H13ClFN3O. The molecule has 6 heteroatoms. The molecule has 1 aromatic carbocycles. The zero-order valence-electron chi connectivity index (χ0n) is 10.7. The molecule has 20 heavy (non-hydrogen) atoms. The van der Waals surface area contributed by atoms with Crippen LogP contribution in [0.25, 0.3) is 0 Å². The number of hydrogen-bond donors (Lipinski definition) is 1. The average molecular weight is 294 g/mol. The van der Waals surface area contributed by atoms with Gasteiger partial charge in [-0.15, -0.1) is 0 Å². The Morgan fingerprint density at radius 1 is 1.40 bits per heavy atom. The molecule has 1 aromatic heterocycles. The highest BCUT2D eigenvalue weighted by Crippen LogP contribution is 2.18. The van der Waals surface area contributed by atoms with Crippen molar-refractivity contribution >= 4 is 17.3 Å². The maximum absolute atomic E-state index is 13.7. The van der Waals surface area contributed by atoms with Crippen molar-refractivity contribution in [2.45, 2.75) is 19.4 Å². The van der Waals surface area contributed by atoms with Crippen molar-refractivity contribution in [3.63, 3.8) is 0 Å². The van der Waals surface area contributed by atoms with Gasteiger partial charge in [-0.2, -0.15) is 5.10 Å². The third-order valence-electron chi connectivity index (χ3n) is 3.31. The Hall–Kier alpha value is -1.88. The van der Waals surface area contributed by atoms with Crippen molar-refractivity contribution in [1.29, 1.82) is 0 Å². The Labute approximate surface area is 120 Å². The molecule has 0 radical (unpaired) electrons. The average Bonchev–Trinajstić information content (AvgIpc) is 2.43. The van der Waals surface area contributed by atoms with Crippen LogP contribution in [0.4, 0.5) is 10.1 Å². The van der Waals surface area contributed by atoms with E-state index in [0.717, 1.165) is 30.8 Å². The lowest BCUT2D eigenvalue weighted by molar-refractivity contribution is 0.562. The summed E-state index contributed by atoms with van der Waals surface area (Å²) in [6, 6.07) is 5.81. The highest BCUT2D eigenvalue weighted by molar-refractivity contribution is 6.30. The highest BCUT2D eigenvalue weighted by Gasteiger charge is 2.13. The molecule has 0 unspecified atom stereocenters. The fraction of sp³-hybridized carbons (Fsp3) is 0.286. The molecule has 0 saturated carbocycles. The molecule has 1 aliphatic rings. The molecule has 0 fully saturated rings. The van der Waals surface area contributed by atoms with Crippen LogP contribution in [-0.4, -0.2) is 16.3 Å². The van der Waals surface area contributed by atoms with E-state index < -0.39 is 0 Å². The van der Waals surface area contributed by atoms with Crippen LogP contribution in [0.15, 0.2) is 29.1 Å². The summed E-state index contributed by atoms with van der Waals surface area (Å²) in [5.41, 5.74) is 1.73. The number of anilines is 1. The Balaban J connectivity index is 1.98. The fourth-order valence-corrected chi connectivity index (χ4v) is 2.48. The number of aromatic nitrogens is 2. The van der Waals surface area contributed by atoms with Gasteiger partial charge in [0.15, 0.2) is 0 Å². The van der Waals surface area contributed by atoms with Gasteiger partial charge in [0.25, 0.3) is 5.56 Å². The van der Waals surface area contributed by atoms with Gasteiger partial charge in [-0.1, -0.05) is 11.6 Å². The normalized spacial score (nSPS) is 13.7. The topological polar surface area (TPSA) is 46.9 Å². The molecule has 1 aliphatic heterocycles. The van der Waals surface area contributed by atoms with Gasteiger partial charge in [0, 0.05) is 23.2 Å². The summed E-state index contributed by atoms with van der Waals surface area (Å²) in [6.45, 7) is 0.930. The van der Waals surface area contributed by atoms with Crippen LogP contribution >= 0.6 is 11.6 Å². The van der Waals surface area contributed by atoms with E-state index in [-0.39, 0.29) is 17.9 Å². The van der Waals surface area contributed by atoms with Crippen LogP contribution in [0.3, 0.4) is 0 Å².